The van der Waals surface area contributed by atoms with E-state index in [1.807, 2.05) is 0 Å². The number of ether oxygens (including phenoxy) is 1. The Labute approximate surface area is 110 Å². The molecule has 4 nitrogen and oxygen atoms in total. The van der Waals surface area contributed by atoms with E-state index in [-0.39, 0.29) is 12.0 Å². The molecule has 1 aliphatic heterocycles. The summed E-state index contributed by atoms with van der Waals surface area (Å²) in [6.07, 6.45) is 7.84. The molecule has 1 heterocycles. The van der Waals surface area contributed by atoms with Gasteiger partial charge in [-0.3, -0.25) is 4.79 Å². The van der Waals surface area contributed by atoms with Crippen LogP contribution in [0.5, 0.6) is 0 Å². The maximum Gasteiger partial charge on any atom is 0.249 e. The maximum absolute atomic E-state index is 12.0. The molecule has 2 fully saturated rings. The number of rotatable bonds is 4. The van der Waals surface area contributed by atoms with Crippen molar-refractivity contribution in [3.63, 3.8) is 0 Å². The minimum Gasteiger partial charge on any atom is -0.368 e. The first-order valence-corrected chi connectivity index (χ1v) is 7.40. The molecule has 4 heteroatoms. The first-order chi connectivity index (χ1) is 8.81. The average molecular weight is 254 g/mol. The molecule has 1 saturated heterocycles. The molecular formula is C14H26N2O2. The summed E-state index contributed by atoms with van der Waals surface area (Å²) in [5.74, 6) is 1.23. The van der Waals surface area contributed by atoms with Gasteiger partial charge in [0.15, 0.2) is 0 Å². The van der Waals surface area contributed by atoms with Gasteiger partial charge in [-0.05, 0) is 50.5 Å². The number of carbonyl (C=O) groups is 1. The zero-order chi connectivity index (χ0) is 12.8. The van der Waals surface area contributed by atoms with Gasteiger partial charge >= 0.3 is 0 Å². The third-order valence-corrected chi connectivity index (χ3v) is 4.38. The maximum atomic E-state index is 12.0. The van der Waals surface area contributed by atoms with Crippen LogP contribution in [0.3, 0.4) is 0 Å². The standard InChI is InChI=1S/C14H26N2O2/c15-9-11-5-1-2-6-12(11)10-16-14(17)13-7-3-4-8-18-13/h11-13H,1-10,15H2,(H,16,17). The van der Waals surface area contributed by atoms with Crippen LogP contribution >= 0.6 is 0 Å². The minimum absolute atomic E-state index is 0.0797. The normalized spacial score (nSPS) is 33.1. The van der Waals surface area contributed by atoms with Crippen molar-refractivity contribution in [3.05, 3.63) is 0 Å². The lowest BCUT2D eigenvalue weighted by Crippen LogP contribution is -2.43. The Morgan fingerprint density at radius 1 is 1.11 bits per heavy atom. The Balaban J connectivity index is 1.73. The Morgan fingerprint density at radius 2 is 1.83 bits per heavy atom. The molecule has 2 aliphatic rings. The van der Waals surface area contributed by atoms with Gasteiger partial charge in [-0.15, -0.1) is 0 Å². The van der Waals surface area contributed by atoms with Crippen molar-refractivity contribution in [2.24, 2.45) is 17.6 Å². The summed E-state index contributed by atoms with van der Waals surface area (Å²) in [4.78, 5) is 12.0. The molecule has 1 aliphatic carbocycles. The van der Waals surface area contributed by atoms with Gasteiger partial charge in [0.25, 0.3) is 0 Å². The Morgan fingerprint density at radius 3 is 2.50 bits per heavy atom. The smallest absolute Gasteiger partial charge is 0.249 e. The fourth-order valence-electron chi connectivity index (χ4n) is 3.16. The lowest BCUT2D eigenvalue weighted by molar-refractivity contribution is -0.135. The summed E-state index contributed by atoms with van der Waals surface area (Å²) in [6, 6.07) is 0. The van der Waals surface area contributed by atoms with E-state index in [0.29, 0.717) is 11.8 Å². The van der Waals surface area contributed by atoms with E-state index in [1.165, 1.54) is 25.7 Å². The first-order valence-electron chi connectivity index (χ1n) is 7.40. The summed E-state index contributed by atoms with van der Waals surface area (Å²) in [7, 11) is 0. The minimum atomic E-state index is -0.210. The number of hydrogen-bond acceptors (Lipinski definition) is 3. The van der Waals surface area contributed by atoms with Crippen LogP contribution < -0.4 is 11.1 Å². The summed E-state index contributed by atoms with van der Waals surface area (Å²) >= 11 is 0. The largest absolute Gasteiger partial charge is 0.368 e. The van der Waals surface area contributed by atoms with E-state index in [2.05, 4.69) is 5.32 Å². The molecule has 0 spiro atoms. The van der Waals surface area contributed by atoms with Gasteiger partial charge in [0.2, 0.25) is 5.91 Å². The highest BCUT2D eigenvalue weighted by Crippen LogP contribution is 2.28. The summed E-state index contributed by atoms with van der Waals surface area (Å²) < 4.78 is 5.50. The van der Waals surface area contributed by atoms with E-state index in [0.717, 1.165) is 39.0 Å². The van der Waals surface area contributed by atoms with Crippen molar-refractivity contribution in [2.75, 3.05) is 19.7 Å². The fourth-order valence-corrected chi connectivity index (χ4v) is 3.16. The predicted octanol–water partition coefficient (Wildman–Crippen LogP) is 1.44. The van der Waals surface area contributed by atoms with Crippen molar-refractivity contribution in [3.8, 4) is 0 Å². The van der Waals surface area contributed by atoms with Crippen molar-refractivity contribution in [1.29, 1.82) is 0 Å². The molecule has 0 radical (unpaired) electrons. The molecule has 0 aromatic heterocycles. The van der Waals surface area contributed by atoms with Gasteiger partial charge in [0, 0.05) is 13.2 Å². The van der Waals surface area contributed by atoms with Gasteiger partial charge < -0.3 is 15.8 Å². The zero-order valence-corrected chi connectivity index (χ0v) is 11.2. The van der Waals surface area contributed by atoms with Crippen molar-refractivity contribution in [2.45, 2.75) is 51.0 Å². The van der Waals surface area contributed by atoms with E-state index >= 15 is 0 Å². The number of nitrogens with one attached hydrogen (secondary N) is 1. The molecule has 3 unspecified atom stereocenters. The van der Waals surface area contributed by atoms with Gasteiger partial charge in [-0.2, -0.15) is 0 Å². The highest BCUT2D eigenvalue weighted by molar-refractivity contribution is 5.80. The molecule has 0 aromatic rings. The molecular weight excluding hydrogens is 228 g/mol. The van der Waals surface area contributed by atoms with Crippen LogP contribution in [0.2, 0.25) is 0 Å². The molecule has 104 valence electrons. The van der Waals surface area contributed by atoms with Crippen LogP contribution in [-0.4, -0.2) is 31.7 Å². The van der Waals surface area contributed by atoms with Gasteiger partial charge in [0.05, 0.1) is 0 Å². The molecule has 2 rings (SSSR count). The third kappa shape index (κ3) is 3.69. The lowest BCUT2D eigenvalue weighted by Gasteiger charge is -2.31. The molecule has 0 bridgehead atoms. The molecule has 0 aromatic carbocycles. The van der Waals surface area contributed by atoms with E-state index in [1.54, 1.807) is 0 Å². The Bertz CT molecular complexity index is 265. The molecule has 3 atom stereocenters. The Hall–Kier alpha value is -0.610. The Kier molecular flexibility index (Phi) is 5.45. The molecule has 3 N–H and O–H groups in total. The average Bonchev–Trinajstić information content (AvgIpc) is 2.46. The quantitative estimate of drug-likeness (QED) is 0.798. The SMILES string of the molecule is NCC1CCCCC1CNC(=O)C1CCCCO1. The van der Waals surface area contributed by atoms with Crippen LogP contribution in [0.15, 0.2) is 0 Å². The second-order valence-electron chi connectivity index (χ2n) is 5.64. The highest BCUT2D eigenvalue weighted by Gasteiger charge is 2.26. The van der Waals surface area contributed by atoms with Gasteiger partial charge in [0.1, 0.15) is 6.10 Å². The van der Waals surface area contributed by atoms with Crippen LogP contribution in [0.25, 0.3) is 0 Å². The topological polar surface area (TPSA) is 64.3 Å². The summed E-state index contributed by atoms with van der Waals surface area (Å²) in [5, 5.41) is 3.07. The molecule has 1 amide bonds. The number of nitrogens with two attached hydrogens (primary N) is 1. The number of carbonyl (C=O) groups excluding carboxylic acids is 1. The molecule has 18 heavy (non-hydrogen) atoms. The van der Waals surface area contributed by atoms with Gasteiger partial charge in [-0.1, -0.05) is 12.8 Å². The second-order valence-corrected chi connectivity index (χ2v) is 5.64. The van der Waals surface area contributed by atoms with Crippen LogP contribution in [-0.2, 0) is 9.53 Å². The van der Waals surface area contributed by atoms with Crippen LogP contribution in [0.4, 0.5) is 0 Å². The number of amides is 1. The van der Waals surface area contributed by atoms with Crippen LogP contribution in [0.1, 0.15) is 44.9 Å². The molecule has 1 saturated carbocycles. The predicted molar refractivity (Wildman–Crippen MR) is 71.1 cm³/mol. The summed E-state index contributed by atoms with van der Waals surface area (Å²) in [5.41, 5.74) is 5.81. The van der Waals surface area contributed by atoms with Crippen LogP contribution in [0, 0.1) is 11.8 Å². The van der Waals surface area contributed by atoms with Crippen molar-refractivity contribution in [1.82, 2.24) is 5.32 Å². The van der Waals surface area contributed by atoms with E-state index in [9.17, 15) is 4.79 Å². The van der Waals surface area contributed by atoms with Crippen molar-refractivity contribution < 1.29 is 9.53 Å². The van der Waals surface area contributed by atoms with Crippen molar-refractivity contribution >= 4 is 5.91 Å². The fraction of sp³-hybridized carbons (Fsp3) is 0.929. The van der Waals surface area contributed by atoms with E-state index < -0.39 is 0 Å². The van der Waals surface area contributed by atoms with Gasteiger partial charge in [-0.25, -0.2) is 0 Å². The third-order valence-electron chi connectivity index (χ3n) is 4.38. The zero-order valence-electron chi connectivity index (χ0n) is 11.2. The summed E-state index contributed by atoms with van der Waals surface area (Å²) in [6.45, 7) is 2.26. The monoisotopic (exact) mass is 254 g/mol. The highest BCUT2D eigenvalue weighted by atomic mass is 16.5. The first kappa shape index (κ1) is 13.8. The van der Waals surface area contributed by atoms with E-state index in [4.69, 9.17) is 10.5 Å². The second kappa shape index (κ2) is 7.10. The lowest BCUT2D eigenvalue weighted by atomic mass is 9.79. The number of hydrogen-bond donors (Lipinski definition) is 2.